The number of non-ortho nitro benzene ring substituents is 1. The first kappa shape index (κ1) is 28.5. The number of rotatable bonds is 6. The monoisotopic (exact) mass is 561 g/mol. The Morgan fingerprint density at radius 2 is 1.73 bits per heavy atom. The van der Waals surface area contributed by atoms with Gasteiger partial charge in [0, 0.05) is 66.7 Å². The maximum atomic E-state index is 12.5. The number of carbonyl (C=O) groups excluding carboxylic acids is 2. The molecule has 4 rings (SSSR count). The van der Waals surface area contributed by atoms with Crippen LogP contribution in [0.3, 0.4) is 0 Å². The second-order valence-electron chi connectivity index (χ2n) is 10.4. The number of hydrogen-bond donors (Lipinski definition) is 2. The number of nitro benzene ring substituents is 1. The van der Waals surface area contributed by atoms with Crippen LogP contribution >= 0.6 is 12.2 Å². The van der Waals surface area contributed by atoms with Crippen LogP contribution in [-0.4, -0.2) is 52.9 Å². The predicted molar refractivity (Wildman–Crippen MR) is 159 cm³/mol. The van der Waals surface area contributed by atoms with Crippen LogP contribution in [0.25, 0.3) is 17.4 Å². The summed E-state index contributed by atoms with van der Waals surface area (Å²) in [5.74, 6) is 0.594. The second-order valence-corrected chi connectivity index (χ2v) is 10.8. The van der Waals surface area contributed by atoms with Crippen molar-refractivity contribution in [3.05, 3.63) is 82.6 Å². The van der Waals surface area contributed by atoms with Crippen molar-refractivity contribution < 1.29 is 18.9 Å². The van der Waals surface area contributed by atoms with Crippen LogP contribution in [0, 0.1) is 15.5 Å². The smallest absolute Gasteiger partial charge is 0.270 e. The van der Waals surface area contributed by atoms with E-state index in [1.165, 1.54) is 24.3 Å². The number of piperazine rings is 1. The molecule has 208 valence electrons. The fourth-order valence-electron chi connectivity index (χ4n) is 4.24. The molecule has 0 spiro atoms. The molecule has 10 nitrogen and oxygen atoms in total. The average Bonchev–Trinajstić information content (AvgIpc) is 3.41. The number of hydrogen-bond acceptors (Lipinski definition) is 7. The molecule has 3 aromatic rings. The summed E-state index contributed by atoms with van der Waals surface area (Å²) in [7, 11) is 0. The van der Waals surface area contributed by atoms with E-state index in [4.69, 9.17) is 16.6 Å². The summed E-state index contributed by atoms with van der Waals surface area (Å²) in [5, 5.41) is 16.7. The number of amides is 2. The number of nitrogens with zero attached hydrogens (tertiary/aromatic N) is 3. The van der Waals surface area contributed by atoms with Crippen molar-refractivity contribution in [1.29, 1.82) is 0 Å². The van der Waals surface area contributed by atoms with Gasteiger partial charge in [0.25, 0.3) is 5.69 Å². The molecule has 0 unspecified atom stereocenters. The standard InChI is InChI=1S/C29H31N5O5S/c1-29(2,3)27(36)33-17-15-32(16-18-33)22-9-7-21(8-10-22)30-28(40)31-26(35)14-12-24-11-13-25(39-24)20-5-4-6-23(19-20)34(37)38/h4-14,19H,15-18H2,1-3H3,(H2,30,31,35,40). The molecule has 11 heteroatoms. The van der Waals surface area contributed by atoms with Gasteiger partial charge in [-0.2, -0.15) is 0 Å². The molecule has 1 aliphatic rings. The van der Waals surface area contributed by atoms with Crippen LogP contribution < -0.4 is 15.5 Å². The molecule has 1 aromatic heterocycles. The Morgan fingerprint density at radius 3 is 2.38 bits per heavy atom. The molecule has 1 saturated heterocycles. The molecule has 2 aromatic carbocycles. The summed E-state index contributed by atoms with van der Waals surface area (Å²) in [4.78, 5) is 39.5. The van der Waals surface area contributed by atoms with E-state index in [9.17, 15) is 19.7 Å². The zero-order valence-electron chi connectivity index (χ0n) is 22.5. The highest BCUT2D eigenvalue weighted by atomic mass is 32.1. The summed E-state index contributed by atoms with van der Waals surface area (Å²) in [6.45, 7) is 8.72. The molecular formula is C29H31N5O5S. The minimum Gasteiger partial charge on any atom is -0.457 e. The van der Waals surface area contributed by atoms with Crippen LogP contribution in [0.2, 0.25) is 0 Å². The first-order valence-electron chi connectivity index (χ1n) is 12.8. The Bertz CT molecular complexity index is 1430. The van der Waals surface area contributed by atoms with Gasteiger partial charge in [-0.15, -0.1) is 0 Å². The lowest BCUT2D eigenvalue weighted by atomic mass is 9.94. The van der Waals surface area contributed by atoms with Gasteiger partial charge in [0.05, 0.1) is 4.92 Å². The van der Waals surface area contributed by atoms with Gasteiger partial charge in [-0.1, -0.05) is 32.9 Å². The Balaban J connectivity index is 1.25. The Kier molecular flexibility index (Phi) is 8.64. The minimum atomic E-state index is -0.469. The average molecular weight is 562 g/mol. The van der Waals surface area contributed by atoms with E-state index in [-0.39, 0.29) is 22.1 Å². The number of furan rings is 1. The molecule has 0 saturated carbocycles. The maximum absolute atomic E-state index is 12.5. The van der Waals surface area contributed by atoms with Crippen molar-refractivity contribution in [3.8, 4) is 11.3 Å². The third-order valence-corrected chi connectivity index (χ3v) is 6.51. The van der Waals surface area contributed by atoms with Gasteiger partial charge < -0.3 is 19.5 Å². The highest BCUT2D eigenvalue weighted by Gasteiger charge is 2.29. The molecule has 0 atom stereocenters. The van der Waals surface area contributed by atoms with Gasteiger partial charge in [0.2, 0.25) is 11.8 Å². The molecule has 40 heavy (non-hydrogen) atoms. The number of benzene rings is 2. The summed E-state index contributed by atoms with van der Waals surface area (Å²) in [6, 6.07) is 17.2. The molecule has 1 fully saturated rings. The van der Waals surface area contributed by atoms with E-state index < -0.39 is 10.8 Å². The second kappa shape index (κ2) is 12.1. The molecule has 2 amide bonds. The normalized spacial score (nSPS) is 13.8. The molecule has 0 radical (unpaired) electrons. The van der Waals surface area contributed by atoms with E-state index in [0.717, 1.165) is 24.5 Å². The molecule has 2 N–H and O–H groups in total. The topological polar surface area (TPSA) is 121 Å². The van der Waals surface area contributed by atoms with E-state index in [1.807, 2.05) is 49.9 Å². The van der Waals surface area contributed by atoms with Crippen LogP contribution in [0.15, 0.2) is 71.2 Å². The Labute approximate surface area is 237 Å². The van der Waals surface area contributed by atoms with Gasteiger partial charge in [-0.3, -0.25) is 25.0 Å². The van der Waals surface area contributed by atoms with Crippen molar-refractivity contribution in [2.45, 2.75) is 20.8 Å². The number of nitrogens with one attached hydrogen (secondary N) is 2. The maximum Gasteiger partial charge on any atom is 0.270 e. The minimum absolute atomic E-state index is 0.0341. The molecule has 0 bridgehead atoms. The fraction of sp³-hybridized carbons (Fsp3) is 0.276. The third kappa shape index (κ3) is 7.32. The summed E-state index contributed by atoms with van der Waals surface area (Å²) >= 11 is 5.27. The number of nitro groups is 1. The largest absolute Gasteiger partial charge is 0.457 e. The first-order valence-corrected chi connectivity index (χ1v) is 13.2. The van der Waals surface area contributed by atoms with Crippen LogP contribution in [-0.2, 0) is 9.59 Å². The van der Waals surface area contributed by atoms with Crippen LogP contribution in [0.1, 0.15) is 26.5 Å². The van der Waals surface area contributed by atoms with Gasteiger partial charge >= 0.3 is 0 Å². The first-order chi connectivity index (χ1) is 19.0. The quantitative estimate of drug-likeness (QED) is 0.185. The summed E-state index contributed by atoms with van der Waals surface area (Å²) < 4.78 is 5.69. The van der Waals surface area contributed by atoms with Crippen LogP contribution in [0.4, 0.5) is 17.1 Å². The molecule has 1 aliphatic heterocycles. The molecule has 0 aliphatic carbocycles. The Morgan fingerprint density at radius 1 is 1.02 bits per heavy atom. The zero-order valence-corrected chi connectivity index (χ0v) is 23.4. The lowest BCUT2D eigenvalue weighted by Gasteiger charge is -2.38. The van der Waals surface area contributed by atoms with E-state index >= 15 is 0 Å². The molecule has 2 heterocycles. The summed E-state index contributed by atoms with van der Waals surface area (Å²) in [6.07, 6.45) is 2.78. The van der Waals surface area contributed by atoms with Crippen molar-refractivity contribution >= 4 is 52.3 Å². The van der Waals surface area contributed by atoms with Crippen molar-refractivity contribution in [2.75, 3.05) is 36.4 Å². The summed E-state index contributed by atoms with van der Waals surface area (Å²) in [5.41, 5.74) is 1.93. The number of carbonyl (C=O) groups is 2. The fourth-order valence-corrected chi connectivity index (χ4v) is 4.46. The number of thiocarbonyl (C=S) groups is 1. The van der Waals surface area contributed by atoms with Crippen LogP contribution in [0.5, 0.6) is 0 Å². The SMILES string of the molecule is CC(C)(C)C(=O)N1CCN(c2ccc(NC(=S)NC(=O)C=Cc3ccc(-c4cccc([N+](=O)[O-])c4)o3)cc2)CC1. The van der Waals surface area contributed by atoms with E-state index in [1.54, 1.807) is 24.3 Å². The van der Waals surface area contributed by atoms with E-state index in [2.05, 4.69) is 15.5 Å². The van der Waals surface area contributed by atoms with Crippen molar-refractivity contribution in [2.24, 2.45) is 5.41 Å². The lowest BCUT2D eigenvalue weighted by Crippen LogP contribution is -2.51. The highest BCUT2D eigenvalue weighted by molar-refractivity contribution is 7.80. The van der Waals surface area contributed by atoms with Crippen molar-refractivity contribution in [1.82, 2.24) is 10.2 Å². The highest BCUT2D eigenvalue weighted by Crippen LogP contribution is 2.26. The van der Waals surface area contributed by atoms with Gasteiger partial charge in [0.15, 0.2) is 5.11 Å². The lowest BCUT2D eigenvalue weighted by molar-refractivity contribution is -0.384. The van der Waals surface area contributed by atoms with Gasteiger partial charge in [-0.25, -0.2) is 0 Å². The van der Waals surface area contributed by atoms with E-state index in [0.29, 0.717) is 30.2 Å². The number of anilines is 2. The third-order valence-electron chi connectivity index (χ3n) is 6.30. The van der Waals surface area contributed by atoms with Gasteiger partial charge in [-0.05, 0) is 54.7 Å². The van der Waals surface area contributed by atoms with Crippen molar-refractivity contribution in [3.63, 3.8) is 0 Å². The molecular weight excluding hydrogens is 530 g/mol. The predicted octanol–water partition coefficient (Wildman–Crippen LogP) is 5.08. The van der Waals surface area contributed by atoms with Gasteiger partial charge in [0.1, 0.15) is 11.5 Å². The zero-order chi connectivity index (χ0) is 28.9. The Hall–Kier alpha value is -4.51.